The van der Waals surface area contributed by atoms with Gasteiger partial charge in [-0.05, 0) is 49.8 Å². The van der Waals surface area contributed by atoms with Gasteiger partial charge >= 0.3 is 0 Å². The molecule has 4 nitrogen and oxygen atoms in total. The number of rotatable bonds is 4. The van der Waals surface area contributed by atoms with Crippen LogP contribution in [0.5, 0.6) is 0 Å². The number of nitrogen functional groups attached to an aromatic ring is 1. The second kappa shape index (κ2) is 5.35. The zero-order valence-corrected chi connectivity index (χ0v) is 12.1. The molecule has 1 saturated carbocycles. The third kappa shape index (κ3) is 2.47. The van der Waals surface area contributed by atoms with E-state index in [2.05, 4.69) is 23.2 Å². The van der Waals surface area contributed by atoms with Crippen LogP contribution in [-0.2, 0) is 11.2 Å². The summed E-state index contributed by atoms with van der Waals surface area (Å²) in [5, 5.41) is 2.91. The van der Waals surface area contributed by atoms with Crippen molar-refractivity contribution in [3.05, 3.63) is 17.7 Å². The maximum Gasteiger partial charge on any atom is 0.224 e. The van der Waals surface area contributed by atoms with Crippen LogP contribution in [-0.4, -0.2) is 19.0 Å². The molecule has 1 amide bonds. The van der Waals surface area contributed by atoms with E-state index < -0.39 is 0 Å². The summed E-state index contributed by atoms with van der Waals surface area (Å²) in [6, 6.07) is 4.09. The van der Waals surface area contributed by atoms with Crippen LogP contribution in [0.3, 0.4) is 0 Å². The number of carbonyl (C=O) groups excluding carboxylic acids is 1. The third-order valence-electron chi connectivity index (χ3n) is 4.57. The monoisotopic (exact) mass is 273 g/mol. The summed E-state index contributed by atoms with van der Waals surface area (Å²) in [5.41, 5.74) is 10.2. The van der Waals surface area contributed by atoms with Gasteiger partial charge < -0.3 is 16.0 Å². The molecule has 3 N–H and O–H groups in total. The van der Waals surface area contributed by atoms with Crippen molar-refractivity contribution >= 4 is 23.0 Å². The number of carbonyl (C=O) groups is 1. The standard InChI is InChI=1S/C16H23N3O/c1-2-19(10-11-4-3-5-11)15-8-12-6-7-16(20)18-14(12)9-13(15)17/h8-9,11H,2-7,10,17H2,1H3,(H,18,20). The molecule has 0 atom stereocenters. The van der Waals surface area contributed by atoms with Gasteiger partial charge in [0.15, 0.2) is 0 Å². The van der Waals surface area contributed by atoms with E-state index in [1.807, 2.05) is 6.07 Å². The van der Waals surface area contributed by atoms with E-state index in [0.29, 0.717) is 6.42 Å². The molecule has 20 heavy (non-hydrogen) atoms. The van der Waals surface area contributed by atoms with Crippen LogP contribution in [0.15, 0.2) is 12.1 Å². The van der Waals surface area contributed by atoms with Gasteiger partial charge in [0.25, 0.3) is 0 Å². The van der Waals surface area contributed by atoms with Gasteiger partial charge in [-0.1, -0.05) is 6.42 Å². The van der Waals surface area contributed by atoms with Crippen LogP contribution < -0.4 is 16.0 Å². The lowest BCUT2D eigenvalue weighted by atomic mass is 9.85. The van der Waals surface area contributed by atoms with Gasteiger partial charge in [0.05, 0.1) is 11.4 Å². The SMILES string of the molecule is CCN(CC1CCC1)c1cc2c(cc1N)NC(=O)CC2. The van der Waals surface area contributed by atoms with Crippen molar-refractivity contribution in [3.8, 4) is 0 Å². The molecule has 0 unspecified atom stereocenters. The number of nitrogens with zero attached hydrogens (tertiary/aromatic N) is 1. The molecule has 0 spiro atoms. The molecule has 3 rings (SSSR count). The molecule has 0 bridgehead atoms. The number of nitrogens with one attached hydrogen (secondary N) is 1. The lowest BCUT2D eigenvalue weighted by molar-refractivity contribution is -0.116. The van der Waals surface area contributed by atoms with E-state index in [-0.39, 0.29) is 5.91 Å². The number of anilines is 3. The normalized spacial score (nSPS) is 18.1. The van der Waals surface area contributed by atoms with Crippen LogP contribution in [0.1, 0.15) is 38.2 Å². The number of hydrogen-bond acceptors (Lipinski definition) is 3. The topological polar surface area (TPSA) is 58.4 Å². The summed E-state index contributed by atoms with van der Waals surface area (Å²) >= 11 is 0. The van der Waals surface area contributed by atoms with Crippen molar-refractivity contribution in [1.82, 2.24) is 0 Å². The molecule has 1 aliphatic carbocycles. The van der Waals surface area contributed by atoms with Crippen LogP contribution >= 0.6 is 0 Å². The highest BCUT2D eigenvalue weighted by Gasteiger charge is 2.23. The van der Waals surface area contributed by atoms with E-state index in [9.17, 15) is 4.79 Å². The van der Waals surface area contributed by atoms with Crippen molar-refractivity contribution in [2.45, 2.75) is 39.0 Å². The predicted octanol–water partition coefficient (Wildman–Crippen LogP) is 2.78. The highest BCUT2D eigenvalue weighted by Crippen LogP contribution is 2.35. The van der Waals surface area contributed by atoms with Crippen LogP contribution in [0.25, 0.3) is 0 Å². The van der Waals surface area contributed by atoms with Gasteiger partial charge in [-0.15, -0.1) is 0 Å². The van der Waals surface area contributed by atoms with Crippen molar-refractivity contribution < 1.29 is 4.79 Å². The number of amides is 1. The first kappa shape index (κ1) is 13.3. The number of fused-ring (bicyclic) bond motifs is 1. The molecule has 1 aliphatic heterocycles. The van der Waals surface area contributed by atoms with E-state index in [0.717, 1.165) is 42.5 Å². The molecule has 0 aromatic heterocycles. The Bertz CT molecular complexity index is 523. The van der Waals surface area contributed by atoms with Gasteiger partial charge in [0.2, 0.25) is 5.91 Å². The minimum Gasteiger partial charge on any atom is -0.397 e. The summed E-state index contributed by atoms with van der Waals surface area (Å²) in [7, 11) is 0. The zero-order chi connectivity index (χ0) is 14.1. The van der Waals surface area contributed by atoms with Gasteiger partial charge in [-0.2, -0.15) is 0 Å². The van der Waals surface area contributed by atoms with Crippen LogP contribution in [0.2, 0.25) is 0 Å². The lowest BCUT2D eigenvalue weighted by Crippen LogP contribution is -2.33. The Labute approximate surface area is 120 Å². The number of nitrogens with two attached hydrogens (primary N) is 1. The number of benzene rings is 1. The molecule has 2 aliphatic rings. The van der Waals surface area contributed by atoms with E-state index in [1.54, 1.807) is 0 Å². The van der Waals surface area contributed by atoms with Gasteiger partial charge in [-0.25, -0.2) is 0 Å². The minimum absolute atomic E-state index is 0.0893. The molecule has 1 aromatic rings. The fraction of sp³-hybridized carbons (Fsp3) is 0.562. The summed E-state index contributed by atoms with van der Waals surface area (Å²) in [4.78, 5) is 13.8. The Morgan fingerprint density at radius 2 is 2.15 bits per heavy atom. The summed E-state index contributed by atoms with van der Waals surface area (Å²) in [5.74, 6) is 0.913. The van der Waals surface area contributed by atoms with Crippen molar-refractivity contribution in [3.63, 3.8) is 0 Å². The first-order chi connectivity index (χ1) is 9.67. The summed E-state index contributed by atoms with van der Waals surface area (Å²) in [6.07, 6.45) is 5.45. The average molecular weight is 273 g/mol. The average Bonchev–Trinajstić information content (AvgIpc) is 2.38. The zero-order valence-electron chi connectivity index (χ0n) is 12.1. The maximum absolute atomic E-state index is 11.4. The fourth-order valence-electron chi connectivity index (χ4n) is 3.09. The minimum atomic E-state index is 0.0893. The fourth-order valence-corrected chi connectivity index (χ4v) is 3.09. The highest BCUT2D eigenvalue weighted by atomic mass is 16.1. The first-order valence-electron chi connectivity index (χ1n) is 7.64. The molecule has 0 saturated heterocycles. The molecular weight excluding hydrogens is 250 g/mol. The van der Waals surface area contributed by atoms with E-state index in [4.69, 9.17) is 5.73 Å². The van der Waals surface area contributed by atoms with Gasteiger partial charge in [-0.3, -0.25) is 4.79 Å². The third-order valence-corrected chi connectivity index (χ3v) is 4.57. The Balaban J connectivity index is 1.86. The quantitative estimate of drug-likeness (QED) is 0.829. The van der Waals surface area contributed by atoms with Crippen molar-refractivity contribution in [1.29, 1.82) is 0 Å². The Hall–Kier alpha value is -1.71. The second-order valence-electron chi connectivity index (χ2n) is 5.95. The molecule has 0 radical (unpaired) electrons. The summed E-state index contributed by atoms with van der Waals surface area (Å²) in [6.45, 7) is 4.26. The molecule has 108 valence electrons. The van der Waals surface area contributed by atoms with Gasteiger partial charge in [0, 0.05) is 25.2 Å². The predicted molar refractivity (Wildman–Crippen MR) is 83.0 cm³/mol. The van der Waals surface area contributed by atoms with Crippen LogP contribution in [0.4, 0.5) is 17.1 Å². The number of aryl methyl sites for hydroxylation is 1. The van der Waals surface area contributed by atoms with Crippen molar-refractivity contribution in [2.75, 3.05) is 29.0 Å². The lowest BCUT2D eigenvalue weighted by Gasteiger charge is -2.34. The Kier molecular flexibility index (Phi) is 3.55. The smallest absolute Gasteiger partial charge is 0.224 e. The van der Waals surface area contributed by atoms with Crippen molar-refractivity contribution in [2.24, 2.45) is 5.92 Å². The van der Waals surface area contributed by atoms with Crippen LogP contribution in [0, 0.1) is 5.92 Å². The number of hydrogen-bond donors (Lipinski definition) is 2. The summed E-state index contributed by atoms with van der Waals surface area (Å²) < 4.78 is 0. The van der Waals surface area contributed by atoms with Gasteiger partial charge in [0.1, 0.15) is 0 Å². The molecular formula is C16H23N3O. The molecule has 1 fully saturated rings. The maximum atomic E-state index is 11.4. The Morgan fingerprint density at radius 1 is 1.35 bits per heavy atom. The highest BCUT2D eigenvalue weighted by molar-refractivity contribution is 5.95. The Morgan fingerprint density at radius 3 is 2.80 bits per heavy atom. The second-order valence-corrected chi connectivity index (χ2v) is 5.95. The van der Waals surface area contributed by atoms with E-state index >= 15 is 0 Å². The largest absolute Gasteiger partial charge is 0.397 e. The molecule has 4 heteroatoms. The molecule has 1 heterocycles. The first-order valence-corrected chi connectivity index (χ1v) is 7.64. The van der Waals surface area contributed by atoms with E-state index in [1.165, 1.54) is 24.8 Å². The molecule has 1 aromatic carbocycles.